The van der Waals surface area contributed by atoms with Crippen LogP contribution in [-0.2, 0) is 18.3 Å². The number of hydrogen-bond donors (Lipinski definition) is 1. The fourth-order valence-corrected chi connectivity index (χ4v) is 3.83. The first-order valence-corrected chi connectivity index (χ1v) is 11.1. The van der Waals surface area contributed by atoms with Gasteiger partial charge in [-0.2, -0.15) is 5.10 Å². The van der Waals surface area contributed by atoms with E-state index in [4.69, 9.17) is 14.6 Å². The van der Waals surface area contributed by atoms with Gasteiger partial charge < -0.3 is 14.6 Å². The molecule has 0 unspecified atom stereocenters. The minimum absolute atomic E-state index is 0.309. The lowest BCUT2D eigenvalue weighted by Gasteiger charge is -2.25. The number of rotatable bonds is 11. The van der Waals surface area contributed by atoms with Crippen LogP contribution in [0.15, 0.2) is 54.6 Å². The van der Waals surface area contributed by atoms with Crippen molar-refractivity contribution in [2.75, 3.05) is 19.8 Å². The summed E-state index contributed by atoms with van der Waals surface area (Å²) in [6.07, 6.45) is 1.65. The van der Waals surface area contributed by atoms with E-state index in [2.05, 4.69) is 4.90 Å². The fraction of sp³-hybridized carbons (Fsp3) is 0.400. The van der Waals surface area contributed by atoms with Crippen LogP contribution in [0, 0.1) is 5.82 Å². The zero-order valence-electron chi connectivity index (χ0n) is 18.6. The highest BCUT2D eigenvalue weighted by Crippen LogP contribution is 2.37. The molecule has 32 heavy (non-hydrogen) atoms. The highest BCUT2D eigenvalue weighted by atomic mass is 19.1. The Morgan fingerprint density at radius 3 is 2.53 bits per heavy atom. The van der Waals surface area contributed by atoms with Crippen molar-refractivity contribution < 1.29 is 19.0 Å². The molecule has 0 amide bonds. The Hall–Kier alpha value is -2.74. The van der Waals surface area contributed by atoms with E-state index in [0.717, 1.165) is 29.7 Å². The predicted molar refractivity (Wildman–Crippen MR) is 121 cm³/mol. The van der Waals surface area contributed by atoms with Crippen molar-refractivity contribution in [1.82, 2.24) is 14.7 Å². The molecular weight excluding hydrogens is 409 g/mol. The number of aliphatic hydroxyl groups is 1. The maximum atomic E-state index is 13.4. The van der Waals surface area contributed by atoms with Gasteiger partial charge in [-0.3, -0.25) is 4.90 Å². The maximum Gasteiger partial charge on any atom is 0.222 e. The smallest absolute Gasteiger partial charge is 0.222 e. The molecule has 6 nitrogen and oxygen atoms in total. The number of benzene rings is 2. The number of ether oxygens (including phenoxy) is 2. The highest BCUT2D eigenvalue weighted by molar-refractivity contribution is 5.65. The zero-order valence-corrected chi connectivity index (χ0v) is 18.6. The van der Waals surface area contributed by atoms with E-state index >= 15 is 0 Å². The molecule has 1 fully saturated rings. The van der Waals surface area contributed by atoms with Crippen LogP contribution in [0.2, 0.25) is 0 Å². The topological polar surface area (TPSA) is 59.8 Å². The quantitative estimate of drug-likeness (QED) is 0.481. The fourth-order valence-electron chi connectivity index (χ4n) is 3.83. The molecule has 0 saturated heterocycles. The number of halogens is 1. The second-order valence-corrected chi connectivity index (χ2v) is 8.15. The summed E-state index contributed by atoms with van der Waals surface area (Å²) in [5, 5.41) is 15.2. The van der Waals surface area contributed by atoms with Gasteiger partial charge in [0, 0.05) is 38.3 Å². The van der Waals surface area contributed by atoms with Crippen LogP contribution in [0.1, 0.15) is 25.3 Å². The molecule has 1 N–H and O–H groups in total. The highest BCUT2D eigenvalue weighted by Gasteiger charge is 2.33. The normalized spacial score (nSPS) is 14.7. The molecule has 1 saturated carbocycles. The van der Waals surface area contributed by atoms with Gasteiger partial charge in [0.2, 0.25) is 5.88 Å². The number of aliphatic hydroxyl groups excluding tert-OH is 1. The molecule has 1 aromatic heterocycles. The van der Waals surface area contributed by atoms with Crippen molar-refractivity contribution in [3.63, 3.8) is 0 Å². The molecule has 1 heterocycles. The average Bonchev–Trinajstić information content (AvgIpc) is 3.60. The molecule has 0 spiro atoms. The predicted octanol–water partition coefficient (Wildman–Crippen LogP) is 4.38. The van der Waals surface area contributed by atoms with Crippen molar-refractivity contribution >= 4 is 0 Å². The number of aromatic nitrogens is 2. The van der Waals surface area contributed by atoms with Gasteiger partial charge in [0.1, 0.15) is 17.3 Å². The van der Waals surface area contributed by atoms with Crippen molar-refractivity contribution in [2.24, 2.45) is 7.05 Å². The van der Waals surface area contributed by atoms with Gasteiger partial charge in [-0.25, -0.2) is 9.07 Å². The minimum atomic E-state index is -0.561. The average molecular weight is 440 g/mol. The number of nitrogens with zero attached hydrogens (tertiary/aromatic N) is 3. The molecule has 2 aromatic carbocycles. The van der Waals surface area contributed by atoms with Crippen molar-refractivity contribution in [2.45, 2.75) is 38.5 Å². The van der Waals surface area contributed by atoms with Gasteiger partial charge in [-0.15, -0.1) is 0 Å². The van der Waals surface area contributed by atoms with Crippen molar-refractivity contribution in [1.29, 1.82) is 0 Å². The third-order valence-corrected chi connectivity index (χ3v) is 5.55. The standard InChI is InChI=1S/C25H30FN3O3/c1-3-31-17-21(30)15-29(20-11-12-20)16-23-24(18-7-5-4-6-8-18)27-28(2)25(23)32-22-13-9-19(26)10-14-22/h4-10,13-14,20-21,30H,3,11-12,15-17H2,1-2H3/t21-/m0/s1. The second-order valence-electron chi connectivity index (χ2n) is 8.15. The van der Waals surface area contributed by atoms with Gasteiger partial charge in [0.25, 0.3) is 0 Å². The van der Waals surface area contributed by atoms with Gasteiger partial charge >= 0.3 is 0 Å². The molecule has 1 atom stereocenters. The third-order valence-electron chi connectivity index (χ3n) is 5.55. The zero-order chi connectivity index (χ0) is 22.5. The lowest BCUT2D eigenvalue weighted by atomic mass is 10.1. The van der Waals surface area contributed by atoms with Crippen LogP contribution in [0.5, 0.6) is 11.6 Å². The first kappa shape index (κ1) is 22.5. The molecule has 0 aliphatic heterocycles. The van der Waals surface area contributed by atoms with Gasteiger partial charge in [0.15, 0.2) is 0 Å². The van der Waals surface area contributed by atoms with E-state index in [0.29, 0.717) is 44.0 Å². The summed E-state index contributed by atoms with van der Waals surface area (Å²) in [7, 11) is 1.85. The summed E-state index contributed by atoms with van der Waals surface area (Å²) in [5.41, 5.74) is 2.78. The van der Waals surface area contributed by atoms with Crippen molar-refractivity contribution in [3.05, 3.63) is 66.0 Å². The first-order chi connectivity index (χ1) is 15.5. The lowest BCUT2D eigenvalue weighted by molar-refractivity contribution is 0.0178. The summed E-state index contributed by atoms with van der Waals surface area (Å²) in [4.78, 5) is 2.28. The SMILES string of the molecule is CCOC[C@@H](O)CN(Cc1c(-c2ccccc2)nn(C)c1Oc1ccc(F)cc1)C1CC1. The molecule has 0 radical (unpaired) electrons. The molecular formula is C25H30FN3O3. The van der Waals surface area contributed by atoms with E-state index in [-0.39, 0.29) is 5.82 Å². The van der Waals surface area contributed by atoms with Gasteiger partial charge in [-0.1, -0.05) is 30.3 Å². The molecule has 4 rings (SSSR count). The largest absolute Gasteiger partial charge is 0.439 e. The Balaban J connectivity index is 1.66. The van der Waals surface area contributed by atoms with Crippen LogP contribution in [0.25, 0.3) is 11.3 Å². The summed E-state index contributed by atoms with van der Waals surface area (Å²) in [6, 6.07) is 16.4. The minimum Gasteiger partial charge on any atom is -0.439 e. The third kappa shape index (κ3) is 5.54. The molecule has 7 heteroatoms. The summed E-state index contributed by atoms with van der Waals surface area (Å²) < 4.78 is 26.7. The van der Waals surface area contributed by atoms with Crippen LogP contribution in [-0.4, -0.2) is 51.7 Å². The molecule has 170 valence electrons. The monoisotopic (exact) mass is 439 g/mol. The van der Waals surface area contributed by atoms with E-state index in [9.17, 15) is 9.50 Å². The van der Waals surface area contributed by atoms with Crippen LogP contribution in [0.4, 0.5) is 4.39 Å². The van der Waals surface area contributed by atoms with Gasteiger partial charge in [-0.05, 0) is 44.0 Å². The van der Waals surface area contributed by atoms with E-state index in [1.807, 2.05) is 44.3 Å². The number of hydrogen-bond acceptors (Lipinski definition) is 5. The van der Waals surface area contributed by atoms with E-state index in [1.54, 1.807) is 16.8 Å². The van der Waals surface area contributed by atoms with Crippen LogP contribution in [0.3, 0.4) is 0 Å². The summed E-state index contributed by atoms with van der Waals surface area (Å²) in [5.74, 6) is 0.848. The first-order valence-electron chi connectivity index (χ1n) is 11.1. The molecule has 1 aliphatic rings. The molecule has 1 aliphatic carbocycles. The Morgan fingerprint density at radius 1 is 1.16 bits per heavy atom. The van der Waals surface area contributed by atoms with Crippen LogP contribution >= 0.6 is 0 Å². The lowest BCUT2D eigenvalue weighted by Crippen LogP contribution is -2.36. The second kappa shape index (κ2) is 10.3. The summed E-state index contributed by atoms with van der Waals surface area (Å²) >= 11 is 0. The van der Waals surface area contributed by atoms with Crippen molar-refractivity contribution in [3.8, 4) is 22.9 Å². The number of aryl methyl sites for hydroxylation is 1. The van der Waals surface area contributed by atoms with E-state index < -0.39 is 6.10 Å². The Labute approximate surface area is 188 Å². The van der Waals surface area contributed by atoms with Gasteiger partial charge in [0.05, 0.1) is 18.3 Å². The Kier molecular flexibility index (Phi) is 7.19. The maximum absolute atomic E-state index is 13.4. The van der Waals surface area contributed by atoms with Crippen LogP contribution < -0.4 is 4.74 Å². The molecule has 3 aromatic rings. The Bertz CT molecular complexity index is 1000. The Morgan fingerprint density at radius 2 is 1.88 bits per heavy atom. The summed E-state index contributed by atoms with van der Waals surface area (Å²) in [6.45, 7) is 3.92. The van der Waals surface area contributed by atoms with E-state index in [1.165, 1.54) is 12.1 Å². The molecule has 0 bridgehead atoms.